The zero-order valence-electron chi connectivity index (χ0n) is 10.0. The number of alkyl halides is 1. The monoisotopic (exact) mass is 261 g/mol. The molecule has 1 aliphatic rings. The Balaban J connectivity index is 2.05. The molecule has 0 aromatic carbocycles. The number of carbonyl (C=O) groups excluding carboxylic acids is 2. The van der Waals surface area contributed by atoms with Gasteiger partial charge in [-0.2, -0.15) is 0 Å². The lowest BCUT2D eigenvalue weighted by atomic mass is 10.1. The molecule has 98 valence electrons. The van der Waals surface area contributed by atoms with Crippen molar-refractivity contribution in [3.05, 3.63) is 0 Å². The predicted octanol–water partition coefficient (Wildman–Crippen LogP) is 0.927. The first kappa shape index (κ1) is 14.3. The fraction of sp³-hybridized carbons (Fsp3) is 0.818. The van der Waals surface area contributed by atoms with Crippen LogP contribution in [0.1, 0.15) is 25.7 Å². The molecule has 0 saturated carbocycles. The second-order valence-electron chi connectivity index (χ2n) is 4.15. The molecule has 1 heterocycles. The lowest BCUT2D eigenvalue weighted by Gasteiger charge is -2.26. The van der Waals surface area contributed by atoms with Gasteiger partial charge >= 0.3 is 6.03 Å². The van der Waals surface area contributed by atoms with Gasteiger partial charge < -0.3 is 10.2 Å². The van der Waals surface area contributed by atoms with E-state index in [2.05, 4.69) is 15.5 Å². The van der Waals surface area contributed by atoms with Crippen molar-refractivity contribution in [1.82, 2.24) is 15.5 Å². The molecule has 6 heteroatoms. The van der Waals surface area contributed by atoms with Gasteiger partial charge in [-0.1, -0.05) is 6.42 Å². The molecule has 0 spiro atoms. The number of urea groups is 1. The van der Waals surface area contributed by atoms with Gasteiger partial charge in [0, 0.05) is 25.4 Å². The standard InChI is InChI=1S/C11H20ClN3O2/c12-5-4-10(16)14-11(17)13-6-9-15-7-2-1-3-8-15/h1-9H2,(H2,13,14,16,17). The van der Waals surface area contributed by atoms with Crippen LogP contribution in [-0.4, -0.2) is 48.9 Å². The van der Waals surface area contributed by atoms with E-state index in [-0.39, 0.29) is 18.2 Å². The zero-order valence-corrected chi connectivity index (χ0v) is 10.8. The molecule has 0 bridgehead atoms. The molecule has 0 unspecified atom stereocenters. The predicted molar refractivity (Wildman–Crippen MR) is 67.2 cm³/mol. The number of likely N-dealkylation sites (tertiary alicyclic amines) is 1. The first-order chi connectivity index (χ1) is 8.22. The lowest BCUT2D eigenvalue weighted by molar-refractivity contribution is -0.119. The smallest absolute Gasteiger partial charge is 0.321 e. The maximum absolute atomic E-state index is 11.3. The van der Waals surface area contributed by atoms with E-state index in [1.807, 2.05) is 0 Å². The summed E-state index contributed by atoms with van der Waals surface area (Å²) in [5, 5.41) is 4.89. The minimum atomic E-state index is -0.433. The van der Waals surface area contributed by atoms with Crippen LogP contribution in [0.2, 0.25) is 0 Å². The molecular formula is C11H20ClN3O2. The number of amides is 3. The number of hydrogen-bond donors (Lipinski definition) is 2. The van der Waals surface area contributed by atoms with Crippen LogP contribution < -0.4 is 10.6 Å². The second kappa shape index (κ2) is 8.31. The maximum Gasteiger partial charge on any atom is 0.321 e. The van der Waals surface area contributed by atoms with E-state index in [1.54, 1.807) is 0 Å². The van der Waals surface area contributed by atoms with Crippen molar-refractivity contribution in [2.24, 2.45) is 0 Å². The van der Waals surface area contributed by atoms with Crippen LogP contribution in [0.15, 0.2) is 0 Å². The number of carbonyl (C=O) groups is 2. The van der Waals surface area contributed by atoms with E-state index in [0.717, 1.165) is 19.6 Å². The highest BCUT2D eigenvalue weighted by atomic mass is 35.5. The molecule has 5 nitrogen and oxygen atoms in total. The first-order valence-electron chi connectivity index (χ1n) is 6.08. The van der Waals surface area contributed by atoms with E-state index in [1.165, 1.54) is 19.3 Å². The SMILES string of the molecule is O=C(CCCl)NC(=O)NCCN1CCCCC1. The van der Waals surface area contributed by atoms with Gasteiger partial charge in [-0.3, -0.25) is 10.1 Å². The molecule has 0 aliphatic carbocycles. The molecule has 3 amide bonds. The highest BCUT2D eigenvalue weighted by Crippen LogP contribution is 2.07. The van der Waals surface area contributed by atoms with Crippen LogP contribution in [0.5, 0.6) is 0 Å². The molecule has 0 aromatic heterocycles. The third kappa shape index (κ3) is 6.48. The van der Waals surface area contributed by atoms with E-state index >= 15 is 0 Å². The molecule has 1 rings (SSSR count). The van der Waals surface area contributed by atoms with Crippen molar-refractivity contribution in [2.45, 2.75) is 25.7 Å². The molecule has 0 aromatic rings. The van der Waals surface area contributed by atoms with Crippen molar-refractivity contribution in [3.63, 3.8) is 0 Å². The summed E-state index contributed by atoms with van der Waals surface area (Å²) in [5.41, 5.74) is 0. The molecule has 2 N–H and O–H groups in total. The Labute approximate surface area is 107 Å². The van der Waals surface area contributed by atoms with Gasteiger partial charge in [0.2, 0.25) is 5.91 Å². The summed E-state index contributed by atoms with van der Waals surface area (Å²) < 4.78 is 0. The molecule has 1 saturated heterocycles. The van der Waals surface area contributed by atoms with Crippen molar-refractivity contribution in [2.75, 3.05) is 32.1 Å². The van der Waals surface area contributed by atoms with Gasteiger partial charge in [0.05, 0.1) is 0 Å². The second-order valence-corrected chi connectivity index (χ2v) is 4.52. The molecule has 1 fully saturated rings. The minimum absolute atomic E-state index is 0.168. The number of rotatable bonds is 5. The van der Waals surface area contributed by atoms with Crippen LogP contribution in [0.25, 0.3) is 0 Å². The summed E-state index contributed by atoms with van der Waals surface area (Å²) in [7, 11) is 0. The summed E-state index contributed by atoms with van der Waals surface area (Å²) >= 11 is 5.39. The molecule has 0 atom stereocenters. The van der Waals surface area contributed by atoms with Gasteiger partial charge in [0.25, 0.3) is 0 Å². The van der Waals surface area contributed by atoms with Crippen molar-refractivity contribution in [3.8, 4) is 0 Å². The number of piperidine rings is 1. The minimum Gasteiger partial charge on any atom is -0.337 e. The number of imide groups is 1. The van der Waals surface area contributed by atoms with E-state index in [4.69, 9.17) is 11.6 Å². The van der Waals surface area contributed by atoms with E-state index < -0.39 is 6.03 Å². The van der Waals surface area contributed by atoms with Gasteiger partial charge in [-0.05, 0) is 25.9 Å². The largest absolute Gasteiger partial charge is 0.337 e. The fourth-order valence-electron chi connectivity index (χ4n) is 1.83. The topological polar surface area (TPSA) is 61.4 Å². The molecular weight excluding hydrogens is 242 g/mol. The Bertz CT molecular complexity index is 255. The van der Waals surface area contributed by atoms with Crippen LogP contribution in [0.4, 0.5) is 4.79 Å². The number of nitrogens with zero attached hydrogens (tertiary/aromatic N) is 1. The normalized spacial score (nSPS) is 16.5. The van der Waals surface area contributed by atoms with Gasteiger partial charge in [-0.15, -0.1) is 11.6 Å². The summed E-state index contributed by atoms with van der Waals surface area (Å²) in [4.78, 5) is 24.6. The molecule has 0 radical (unpaired) electrons. The summed E-state index contributed by atoms with van der Waals surface area (Å²) in [6.07, 6.45) is 3.94. The average Bonchev–Trinajstić information content (AvgIpc) is 2.30. The van der Waals surface area contributed by atoms with Gasteiger partial charge in [0.15, 0.2) is 0 Å². The van der Waals surface area contributed by atoms with Crippen molar-refractivity contribution < 1.29 is 9.59 Å². The van der Waals surface area contributed by atoms with Gasteiger partial charge in [-0.25, -0.2) is 4.79 Å². The molecule has 17 heavy (non-hydrogen) atoms. The maximum atomic E-state index is 11.3. The van der Waals surface area contributed by atoms with Crippen molar-refractivity contribution >= 4 is 23.5 Å². The average molecular weight is 262 g/mol. The first-order valence-corrected chi connectivity index (χ1v) is 6.62. The van der Waals surface area contributed by atoms with Crippen LogP contribution >= 0.6 is 11.6 Å². The summed E-state index contributed by atoms with van der Waals surface area (Å²) in [5.74, 6) is -0.108. The Hall–Kier alpha value is -0.810. The summed E-state index contributed by atoms with van der Waals surface area (Å²) in [6.45, 7) is 3.63. The lowest BCUT2D eigenvalue weighted by Crippen LogP contribution is -2.43. The number of hydrogen-bond acceptors (Lipinski definition) is 3. The van der Waals surface area contributed by atoms with Crippen molar-refractivity contribution in [1.29, 1.82) is 0 Å². The third-order valence-electron chi connectivity index (χ3n) is 2.74. The number of nitrogens with one attached hydrogen (secondary N) is 2. The zero-order chi connectivity index (χ0) is 12.5. The fourth-order valence-corrected chi connectivity index (χ4v) is 2.00. The van der Waals surface area contributed by atoms with E-state index in [0.29, 0.717) is 6.54 Å². The molecule has 1 aliphatic heterocycles. The van der Waals surface area contributed by atoms with Crippen LogP contribution in [0, 0.1) is 0 Å². The summed E-state index contributed by atoms with van der Waals surface area (Å²) in [6, 6.07) is -0.433. The Kier molecular flexibility index (Phi) is 6.96. The Morgan fingerprint density at radius 2 is 1.88 bits per heavy atom. The van der Waals surface area contributed by atoms with Crippen LogP contribution in [-0.2, 0) is 4.79 Å². The number of halogens is 1. The Morgan fingerprint density at radius 1 is 1.18 bits per heavy atom. The highest BCUT2D eigenvalue weighted by Gasteiger charge is 2.10. The Morgan fingerprint density at radius 3 is 2.53 bits per heavy atom. The van der Waals surface area contributed by atoms with Gasteiger partial charge in [0.1, 0.15) is 0 Å². The van der Waals surface area contributed by atoms with E-state index in [9.17, 15) is 9.59 Å². The third-order valence-corrected chi connectivity index (χ3v) is 2.93. The highest BCUT2D eigenvalue weighted by molar-refractivity contribution is 6.19. The van der Waals surface area contributed by atoms with Crippen LogP contribution in [0.3, 0.4) is 0 Å². The quantitative estimate of drug-likeness (QED) is 0.724.